The maximum absolute atomic E-state index is 13.4. The van der Waals surface area contributed by atoms with Crippen LogP contribution in [0.1, 0.15) is 53.9 Å². The van der Waals surface area contributed by atoms with E-state index in [0.717, 1.165) is 5.57 Å². The van der Waals surface area contributed by atoms with Crippen LogP contribution in [0.5, 0.6) is 0 Å². The molecule has 0 aromatic rings. The molecular weight excluding hydrogens is 514 g/mol. The van der Waals surface area contributed by atoms with Crippen molar-refractivity contribution in [1.82, 2.24) is 4.90 Å². The van der Waals surface area contributed by atoms with Crippen LogP contribution in [-0.4, -0.2) is 93.0 Å². The Balaban J connectivity index is 1.62. The van der Waals surface area contributed by atoms with Gasteiger partial charge in [-0.1, -0.05) is 31.2 Å². The van der Waals surface area contributed by atoms with Crippen LogP contribution in [-0.2, 0) is 19.1 Å². The number of carbonyl (C=O) groups excluding carboxylic acids is 2. The fraction of sp³-hybridized carbons (Fsp3) is 0.742. The number of ether oxygens (including phenoxy) is 2. The average Bonchev–Trinajstić information content (AvgIpc) is 3.18. The van der Waals surface area contributed by atoms with Gasteiger partial charge in [0.1, 0.15) is 17.8 Å². The lowest BCUT2D eigenvalue weighted by Crippen LogP contribution is -2.85. The third-order valence-corrected chi connectivity index (χ3v) is 12.4. The molecule has 13 atom stereocenters. The SMILES string of the molecule is C=C1C[C@]23C[C@H](O)[C@@]4(O)[C@]56C[C@@H](O)[C@@H](O)[C@@]4(C)CN(C)[C@@H]5[C@H]2[C@H]1[C@@H](OC(=O)/C(C)=C/C)[C@@H](OC(=O)/C(C)=C/C)[C@H]36. The third kappa shape index (κ3) is 2.86. The van der Waals surface area contributed by atoms with Gasteiger partial charge in [0.25, 0.3) is 0 Å². The Kier molecular flexibility index (Phi) is 5.97. The minimum absolute atomic E-state index is 0.0274. The summed E-state index contributed by atoms with van der Waals surface area (Å²) >= 11 is 0. The van der Waals surface area contributed by atoms with Gasteiger partial charge in [0.2, 0.25) is 0 Å². The van der Waals surface area contributed by atoms with Crippen LogP contribution < -0.4 is 0 Å². The maximum atomic E-state index is 13.4. The Bertz CT molecular complexity index is 1240. The van der Waals surface area contributed by atoms with E-state index >= 15 is 0 Å². The van der Waals surface area contributed by atoms with E-state index in [1.165, 1.54) is 0 Å². The highest BCUT2D eigenvalue weighted by molar-refractivity contribution is 5.89. The normalized spacial score (nSPS) is 53.0. The molecule has 9 heteroatoms. The van der Waals surface area contributed by atoms with E-state index < -0.39 is 70.2 Å². The number of hydrogen-bond donors (Lipinski definition) is 4. The maximum Gasteiger partial charge on any atom is 0.333 e. The fourth-order valence-electron chi connectivity index (χ4n) is 11.0. The summed E-state index contributed by atoms with van der Waals surface area (Å²) < 4.78 is 12.5. The predicted octanol–water partition coefficient (Wildman–Crippen LogP) is 1.49. The van der Waals surface area contributed by atoms with E-state index in [1.807, 2.05) is 7.05 Å². The van der Waals surface area contributed by atoms with Gasteiger partial charge in [-0.3, -0.25) is 0 Å². The fourth-order valence-corrected chi connectivity index (χ4v) is 11.0. The van der Waals surface area contributed by atoms with Gasteiger partial charge in [0.05, 0.1) is 18.3 Å². The smallest absolute Gasteiger partial charge is 0.333 e. The lowest BCUT2D eigenvalue weighted by Gasteiger charge is -2.73. The minimum Gasteiger partial charge on any atom is -0.455 e. The largest absolute Gasteiger partial charge is 0.455 e. The van der Waals surface area contributed by atoms with Gasteiger partial charge in [0, 0.05) is 46.4 Å². The molecular formula is C31H43NO8. The summed E-state index contributed by atoms with van der Waals surface area (Å²) in [6, 6.07) is -0.324. The molecule has 5 saturated carbocycles. The Labute approximate surface area is 235 Å². The van der Waals surface area contributed by atoms with E-state index in [4.69, 9.17) is 9.47 Å². The van der Waals surface area contributed by atoms with Crippen molar-refractivity contribution in [3.05, 3.63) is 35.5 Å². The summed E-state index contributed by atoms with van der Waals surface area (Å²) in [5, 5.41) is 47.5. The number of carbonyl (C=O) groups is 2. The Morgan fingerprint density at radius 3 is 2.17 bits per heavy atom. The number of piperidine rings is 1. The van der Waals surface area contributed by atoms with E-state index in [1.54, 1.807) is 46.8 Å². The number of nitrogens with zero attached hydrogens (tertiary/aromatic N) is 1. The zero-order chi connectivity index (χ0) is 29.3. The van der Waals surface area contributed by atoms with E-state index in [0.29, 0.717) is 17.6 Å². The summed E-state index contributed by atoms with van der Waals surface area (Å²) in [7, 11) is 1.96. The molecule has 6 bridgehead atoms. The summed E-state index contributed by atoms with van der Waals surface area (Å²) in [6.45, 7) is 13.3. The second kappa shape index (κ2) is 8.51. The number of aliphatic hydroxyl groups excluding tert-OH is 3. The molecule has 0 aromatic heterocycles. The molecule has 6 fully saturated rings. The zero-order valence-corrected chi connectivity index (χ0v) is 24.3. The van der Waals surface area contributed by atoms with Crippen molar-refractivity contribution in [3.8, 4) is 0 Å². The van der Waals surface area contributed by atoms with Crippen LogP contribution in [0.2, 0.25) is 0 Å². The summed E-state index contributed by atoms with van der Waals surface area (Å²) in [5.74, 6) is -2.13. The molecule has 1 heterocycles. The molecule has 1 aliphatic heterocycles. The third-order valence-electron chi connectivity index (χ3n) is 12.4. The number of hydrogen-bond acceptors (Lipinski definition) is 9. The molecule has 9 nitrogen and oxygen atoms in total. The molecule has 220 valence electrons. The molecule has 0 radical (unpaired) electrons. The Hall–Kier alpha value is -2.04. The molecule has 40 heavy (non-hydrogen) atoms. The molecule has 4 N–H and O–H groups in total. The molecule has 0 aromatic carbocycles. The van der Waals surface area contributed by atoms with Gasteiger partial charge >= 0.3 is 11.9 Å². The highest BCUT2D eigenvalue weighted by Gasteiger charge is 2.91. The standard InChI is InChI=1S/C31H43NO8/c1-8-14(3)26(36)39-21-19-16(5)10-29-12-18(34)31(38)28(6)13-32(7)24(20(19)29)30(31,11-17(33)25(28)35)23(29)22(21)40-27(37)15(4)9-2/h8-9,17-25,33-35,38H,5,10-13H2,1-4,6-7H3/b14-8+,15-9+/t17-,18+,19+,20-,21-,22-,23-,24-,25-,28-,29+,30+,31+/m1/s1. The highest BCUT2D eigenvalue weighted by Crippen LogP contribution is 2.84. The topological polar surface area (TPSA) is 137 Å². The van der Waals surface area contributed by atoms with E-state index in [-0.39, 0.29) is 37.3 Å². The van der Waals surface area contributed by atoms with Gasteiger partial charge in [-0.15, -0.1) is 0 Å². The van der Waals surface area contributed by atoms with Crippen LogP contribution in [0.15, 0.2) is 35.5 Å². The summed E-state index contributed by atoms with van der Waals surface area (Å²) in [5.41, 5.74) is -3.04. The van der Waals surface area contributed by atoms with Gasteiger partial charge in [-0.05, 0) is 65.3 Å². The molecule has 6 aliphatic rings. The first kappa shape index (κ1) is 28.1. The first-order valence-electron chi connectivity index (χ1n) is 14.5. The van der Waals surface area contributed by atoms with Crippen molar-refractivity contribution in [2.24, 2.45) is 34.0 Å². The number of aliphatic hydroxyl groups is 4. The monoisotopic (exact) mass is 557 g/mol. The van der Waals surface area contributed by atoms with Gasteiger partial charge < -0.3 is 34.8 Å². The van der Waals surface area contributed by atoms with Crippen LogP contribution in [0.4, 0.5) is 0 Å². The van der Waals surface area contributed by atoms with Crippen molar-refractivity contribution in [3.63, 3.8) is 0 Å². The molecule has 1 saturated heterocycles. The second-order valence-electron chi connectivity index (χ2n) is 13.8. The molecule has 5 aliphatic carbocycles. The van der Waals surface area contributed by atoms with Gasteiger partial charge in [-0.2, -0.15) is 0 Å². The van der Waals surface area contributed by atoms with Crippen LogP contribution in [0.3, 0.4) is 0 Å². The van der Waals surface area contributed by atoms with Crippen molar-refractivity contribution < 1.29 is 39.5 Å². The molecule has 6 rings (SSSR count). The average molecular weight is 558 g/mol. The number of rotatable bonds is 4. The second-order valence-corrected chi connectivity index (χ2v) is 13.8. The summed E-state index contributed by atoms with van der Waals surface area (Å²) in [6.07, 6.45) is -1.23. The minimum atomic E-state index is -1.78. The lowest BCUT2D eigenvalue weighted by atomic mass is 9.38. The summed E-state index contributed by atoms with van der Waals surface area (Å²) in [4.78, 5) is 28.8. The molecule has 0 amide bonds. The van der Waals surface area contributed by atoms with Crippen molar-refractivity contribution in [2.75, 3.05) is 13.6 Å². The highest BCUT2D eigenvalue weighted by atomic mass is 16.6. The molecule has 0 unspecified atom stereocenters. The number of likely N-dealkylation sites (tertiary alicyclic amines) is 1. The van der Waals surface area contributed by atoms with Gasteiger partial charge in [0.15, 0.2) is 0 Å². The Morgan fingerprint density at radius 1 is 1.02 bits per heavy atom. The van der Waals surface area contributed by atoms with Crippen molar-refractivity contribution in [1.29, 1.82) is 0 Å². The first-order chi connectivity index (χ1) is 18.7. The van der Waals surface area contributed by atoms with Crippen LogP contribution >= 0.6 is 0 Å². The molecule has 2 spiro atoms. The number of allylic oxidation sites excluding steroid dienone is 2. The van der Waals surface area contributed by atoms with Crippen LogP contribution in [0.25, 0.3) is 0 Å². The van der Waals surface area contributed by atoms with Crippen molar-refractivity contribution >= 4 is 11.9 Å². The van der Waals surface area contributed by atoms with E-state index in [9.17, 15) is 30.0 Å². The van der Waals surface area contributed by atoms with Gasteiger partial charge in [-0.25, -0.2) is 9.59 Å². The van der Waals surface area contributed by atoms with Crippen molar-refractivity contribution in [2.45, 2.75) is 96.0 Å². The van der Waals surface area contributed by atoms with E-state index in [2.05, 4.69) is 11.5 Å². The Morgan fingerprint density at radius 2 is 1.60 bits per heavy atom. The first-order valence-corrected chi connectivity index (χ1v) is 14.5. The van der Waals surface area contributed by atoms with Crippen LogP contribution in [0, 0.1) is 34.0 Å². The zero-order valence-electron chi connectivity index (χ0n) is 24.3. The quantitative estimate of drug-likeness (QED) is 0.230. The predicted molar refractivity (Wildman–Crippen MR) is 144 cm³/mol. The lowest BCUT2D eigenvalue weighted by molar-refractivity contribution is -0.364. The number of esters is 2.